The largest absolute Gasteiger partial charge is 0.245 e. The van der Waals surface area contributed by atoms with Crippen LogP contribution < -0.4 is 0 Å². The van der Waals surface area contributed by atoms with Crippen molar-refractivity contribution in [3.63, 3.8) is 0 Å². The Morgan fingerprint density at radius 3 is 1.70 bits per heavy atom. The van der Waals surface area contributed by atoms with E-state index in [2.05, 4.69) is 138 Å². The molecule has 1 saturated carbocycles. The van der Waals surface area contributed by atoms with E-state index in [1.807, 2.05) is 11.8 Å². The van der Waals surface area contributed by atoms with Crippen molar-refractivity contribution in [1.82, 2.24) is 9.78 Å². The van der Waals surface area contributed by atoms with E-state index in [-0.39, 0.29) is 0 Å². The third-order valence-corrected chi connectivity index (χ3v) is 9.18. The van der Waals surface area contributed by atoms with Gasteiger partial charge in [0.15, 0.2) is 0 Å². The second-order valence-electron chi connectivity index (χ2n) is 10.5. The number of rotatable bonds is 8. The molecule has 0 spiro atoms. The van der Waals surface area contributed by atoms with Crippen LogP contribution in [-0.4, -0.2) is 9.78 Å². The highest BCUT2D eigenvalue weighted by Gasteiger charge is 2.42. The van der Waals surface area contributed by atoms with Crippen molar-refractivity contribution in [2.45, 2.75) is 34.9 Å². The highest BCUT2D eigenvalue weighted by molar-refractivity contribution is 7.98. The lowest BCUT2D eigenvalue weighted by Gasteiger charge is -2.37. The number of nitrogens with zero attached hydrogens (tertiary/aromatic N) is 2. The van der Waals surface area contributed by atoms with Gasteiger partial charge in [-0.3, -0.25) is 0 Å². The van der Waals surface area contributed by atoms with Crippen molar-refractivity contribution in [2.75, 3.05) is 0 Å². The van der Waals surface area contributed by atoms with Gasteiger partial charge in [0.05, 0.1) is 16.2 Å². The van der Waals surface area contributed by atoms with Crippen molar-refractivity contribution in [3.8, 4) is 0 Å². The van der Waals surface area contributed by atoms with Crippen molar-refractivity contribution in [1.29, 1.82) is 0 Å². The first-order valence-electron chi connectivity index (χ1n) is 13.8. The predicted octanol–water partition coefficient (Wildman–Crippen LogP) is 9.70. The van der Waals surface area contributed by atoms with Gasteiger partial charge in [-0.15, -0.1) is 11.8 Å². The van der Waals surface area contributed by atoms with Gasteiger partial charge in [-0.1, -0.05) is 133 Å². The van der Waals surface area contributed by atoms with Crippen molar-refractivity contribution >= 4 is 34.3 Å². The third kappa shape index (κ3) is 4.44. The number of thioether (sulfide) groups is 1. The molecule has 5 aromatic carbocycles. The number of hydrogen-bond donors (Lipinski definition) is 0. The minimum Gasteiger partial charge on any atom is -0.245 e. The maximum atomic E-state index is 7.16. The monoisotopic (exact) mass is 556 g/mol. The number of benzene rings is 5. The van der Waals surface area contributed by atoms with E-state index in [1.54, 1.807) is 0 Å². The number of halogens is 1. The van der Waals surface area contributed by atoms with Crippen LogP contribution in [0.3, 0.4) is 0 Å². The van der Waals surface area contributed by atoms with Crippen LogP contribution in [0.25, 0.3) is 10.9 Å². The molecule has 1 fully saturated rings. The lowest BCUT2D eigenvalue weighted by atomic mass is 9.77. The molecule has 1 aromatic heterocycles. The average Bonchev–Trinajstić information content (AvgIpc) is 3.80. The molecular weight excluding hydrogens is 528 g/mol. The first-order chi connectivity index (χ1) is 19.7. The van der Waals surface area contributed by atoms with Crippen LogP contribution in [0.4, 0.5) is 0 Å². The summed E-state index contributed by atoms with van der Waals surface area (Å²) in [6.45, 7) is 0. The van der Waals surface area contributed by atoms with Gasteiger partial charge in [0, 0.05) is 22.0 Å². The van der Waals surface area contributed by atoms with Gasteiger partial charge in [-0.05, 0) is 47.2 Å². The topological polar surface area (TPSA) is 17.8 Å². The minimum absolute atomic E-state index is 0.448. The van der Waals surface area contributed by atoms with E-state index in [1.165, 1.54) is 5.56 Å². The fourth-order valence-corrected chi connectivity index (χ4v) is 7.13. The van der Waals surface area contributed by atoms with E-state index < -0.39 is 5.54 Å². The van der Waals surface area contributed by atoms with Crippen LogP contribution in [0, 0.1) is 0 Å². The van der Waals surface area contributed by atoms with Gasteiger partial charge in [0.25, 0.3) is 0 Å². The van der Waals surface area contributed by atoms with Gasteiger partial charge in [-0.2, -0.15) is 5.10 Å². The maximum absolute atomic E-state index is 7.16. The van der Waals surface area contributed by atoms with Gasteiger partial charge in [0.2, 0.25) is 0 Å². The molecule has 0 unspecified atom stereocenters. The number of hydrogen-bond acceptors (Lipinski definition) is 2. The Balaban J connectivity index is 1.53. The highest BCUT2D eigenvalue weighted by Crippen LogP contribution is 2.49. The van der Waals surface area contributed by atoms with Gasteiger partial charge in [0.1, 0.15) is 5.54 Å². The minimum atomic E-state index is -0.679. The smallest absolute Gasteiger partial charge is 0.138 e. The predicted molar refractivity (Wildman–Crippen MR) is 167 cm³/mol. The molecule has 0 aliphatic heterocycles. The Morgan fingerprint density at radius 2 is 1.20 bits per heavy atom. The Morgan fingerprint density at radius 1 is 0.700 bits per heavy atom. The summed E-state index contributed by atoms with van der Waals surface area (Å²) in [4.78, 5) is 1.15. The van der Waals surface area contributed by atoms with Crippen molar-refractivity contribution in [2.24, 2.45) is 0 Å². The molecule has 40 heavy (non-hydrogen) atoms. The number of fused-ring (bicyclic) bond motifs is 1. The molecule has 4 heteroatoms. The fraction of sp³-hybridized carbons (Fsp3) is 0.139. The van der Waals surface area contributed by atoms with Crippen molar-refractivity contribution < 1.29 is 0 Å². The standard InChI is InChI=1S/C36H29ClN2S/c37-32-23-31(40-25-26-13-5-1-6-14-26)24-33-34(32)35(27-21-22-27)38-39(33)36(28-15-7-2-8-16-28,29-17-9-3-10-18-29)30-19-11-4-12-20-30/h1-20,23-24,27H,21-22,25H2. The normalized spacial score (nSPS) is 13.5. The zero-order valence-electron chi connectivity index (χ0n) is 22.1. The molecule has 1 aliphatic rings. The Labute approximate surface area is 244 Å². The third-order valence-electron chi connectivity index (χ3n) is 7.84. The SMILES string of the molecule is Clc1cc(SCc2ccccc2)cc2c1c(C1CC1)nn2C(c1ccccc1)(c1ccccc1)c1ccccc1. The van der Waals surface area contributed by atoms with Crippen LogP contribution in [0.1, 0.15) is 46.7 Å². The summed E-state index contributed by atoms with van der Waals surface area (Å²) in [6, 6.07) is 47.3. The van der Waals surface area contributed by atoms with Gasteiger partial charge in [-0.25, -0.2) is 4.68 Å². The Bertz CT molecular complexity index is 1650. The van der Waals surface area contributed by atoms with Crippen LogP contribution in [-0.2, 0) is 11.3 Å². The fourth-order valence-electron chi connectivity index (χ4n) is 5.83. The van der Waals surface area contributed by atoms with E-state index in [0.717, 1.165) is 61.8 Å². The van der Waals surface area contributed by atoms with Gasteiger partial charge < -0.3 is 0 Å². The van der Waals surface area contributed by atoms with Gasteiger partial charge >= 0.3 is 0 Å². The molecular formula is C36H29ClN2S. The zero-order valence-corrected chi connectivity index (χ0v) is 23.7. The summed E-state index contributed by atoms with van der Waals surface area (Å²) >= 11 is 8.97. The van der Waals surface area contributed by atoms with Crippen molar-refractivity contribution in [3.05, 3.63) is 166 Å². The Kier molecular flexibility index (Phi) is 6.71. The zero-order chi connectivity index (χ0) is 26.9. The molecule has 0 amide bonds. The molecule has 1 heterocycles. The molecule has 7 rings (SSSR count). The maximum Gasteiger partial charge on any atom is 0.138 e. The Hall–Kier alpha value is -3.79. The quantitative estimate of drug-likeness (QED) is 0.137. The molecule has 196 valence electrons. The van der Waals surface area contributed by atoms with Crippen LogP contribution >= 0.6 is 23.4 Å². The van der Waals surface area contributed by atoms with E-state index in [0.29, 0.717) is 5.92 Å². The molecule has 2 nitrogen and oxygen atoms in total. The van der Waals surface area contributed by atoms with Crippen LogP contribution in [0.5, 0.6) is 0 Å². The summed E-state index contributed by atoms with van der Waals surface area (Å²) in [5, 5.41) is 7.36. The van der Waals surface area contributed by atoms with E-state index in [4.69, 9.17) is 16.7 Å². The highest BCUT2D eigenvalue weighted by atomic mass is 35.5. The molecule has 0 N–H and O–H groups in total. The van der Waals surface area contributed by atoms with E-state index in [9.17, 15) is 0 Å². The first-order valence-corrected chi connectivity index (χ1v) is 15.2. The van der Waals surface area contributed by atoms with E-state index >= 15 is 0 Å². The molecule has 0 atom stereocenters. The molecule has 0 bridgehead atoms. The first kappa shape index (κ1) is 25.2. The van der Waals surface area contributed by atoms with Crippen LogP contribution in [0.2, 0.25) is 5.02 Å². The lowest BCUT2D eigenvalue weighted by Crippen LogP contribution is -2.38. The summed E-state index contributed by atoms with van der Waals surface area (Å²) in [7, 11) is 0. The average molecular weight is 557 g/mol. The summed E-state index contributed by atoms with van der Waals surface area (Å²) in [5.41, 5.74) is 6.30. The second kappa shape index (κ2) is 10.6. The number of aromatic nitrogens is 2. The second-order valence-corrected chi connectivity index (χ2v) is 11.9. The summed E-state index contributed by atoms with van der Waals surface area (Å²) in [5.74, 6) is 1.33. The lowest BCUT2D eigenvalue weighted by molar-refractivity contribution is 0.471. The summed E-state index contributed by atoms with van der Waals surface area (Å²) in [6.07, 6.45) is 2.31. The molecule has 1 aliphatic carbocycles. The molecule has 0 saturated heterocycles. The molecule has 0 radical (unpaired) electrons. The van der Waals surface area contributed by atoms with Crippen LogP contribution in [0.15, 0.2) is 138 Å². The molecule has 6 aromatic rings. The summed E-state index contributed by atoms with van der Waals surface area (Å²) < 4.78 is 2.27.